The van der Waals surface area contributed by atoms with Gasteiger partial charge in [-0.1, -0.05) is 5.16 Å². The van der Waals surface area contributed by atoms with E-state index in [9.17, 15) is 5.11 Å². The Bertz CT molecular complexity index is 475. The highest BCUT2D eigenvalue weighted by molar-refractivity contribution is 9.10. The normalized spacial score (nSPS) is 16.0. The first-order valence-corrected chi connectivity index (χ1v) is 7.86. The maximum Gasteiger partial charge on any atom is 0.225 e. The van der Waals surface area contributed by atoms with Gasteiger partial charge in [-0.3, -0.25) is 0 Å². The Balaban J connectivity index is 1.76. The van der Waals surface area contributed by atoms with Crippen LogP contribution in [0.25, 0.3) is 0 Å². The fourth-order valence-electron chi connectivity index (χ4n) is 1.96. The number of halogens is 1. The van der Waals surface area contributed by atoms with Crippen molar-refractivity contribution in [2.75, 3.05) is 24.6 Å². The molecule has 1 aromatic rings. The zero-order valence-electron chi connectivity index (χ0n) is 12.4. The third-order valence-corrected chi connectivity index (χ3v) is 3.64. The summed E-state index contributed by atoms with van der Waals surface area (Å²) in [7, 11) is 0. The minimum atomic E-state index is -0.706. The molecule has 1 fully saturated rings. The van der Waals surface area contributed by atoms with Gasteiger partial charge < -0.3 is 14.8 Å². The first-order valence-electron chi connectivity index (χ1n) is 7.07. The van der Waals surface area contributed by atoms with Crippen molar-refractivity contribution in [1.29, 1.82) is 0 Å². The van der Waals surface area contributed by atoms with E-state index in [1.54, 1.807) is 26.2 Å². The summed E-state index contributed by atoms with van der Waals surface area (Å²) >= 11 is 3.33. The van der Waals surface area contributed by atoms with Crippen LogP contribution in [0.4, 0.5) is 5.95 Å². The summed E-state index contributed by atoms with van der Waals surface area (Å²) in [4.78, 5) is 16.0. The van der Waals surface area contributed by atoms with E-state index in [2.05, 4.69) is 36.0 Å². The summed E-state index contributed by atoms with van der Waals surface area (Å²) < 4.78 is 0.880. The van der Waals surface area contributed by atoms with E-state index in [1.165, 1.54) is 0 Å². The van der Waals surface area contributed by atoms with Crippen LogP contribution in [0.5, 0.6) is 0 Å². The van der Waals surface area contributed by atoms with Crippen molar-refractivity contribution < 1.29 is 9.94 Å². The van der Waals surface area contributed by atoms with Crippen LogP contribution >= 0.6 is 15.9 Å². The summed E-state index contributed by atoms with van der Waals surface area (Å²) in [6.07, 6.45) is 5.78. The number of hydrogen-bond acceptors (Lipinski definition) is 6. The molecule has 0 spiro atoms. The van der Waals surface area contributed by atoms with E-state index in [1.807, 2.05) is 0 Å². The first-order chi connectivity index (χ1) is 9.94. The highest BCUT2D eigenvalue weighted by Crippen LogP contribution is 2.16. The van der Waals surface area contributed by atoms with E-state index in [4.69, 9.17) is 4.84 Å². The molecule has 0 saturated carbocycles. The Hall–Kier alpha value is -1.21. The number of oxime groups is 1. The lowest BCUT2D eigenvalue weighted by Gasteiger charge is -2.27. The Morgan fingerprint density at radius 3 is 2.52 bits per heavy atom. The molecular weight excluding hydrogens is 336 g/mol. The Kier molecular flexibility index (Phi) is 5.52. The van der Waals surface area contributed by atoms with Crippen LogP contribution in [-0.2, 0) is 4.84 Å². The second kappa shape index (κ2) is 7.17. The van der Waals surface area contributed by atoms with Crippen molar-refractivity contribution in [2.45, 2.75) is 38.7 Å². The second-order valence-corrected chi connectivity index (χ2v) is 6.66. The highest BCUT2D eigenvalue weighted by Gasteiger charge is 2.18. The second-order valence-electron chi connectivity index (χ2n) is 5.74. The zero-order chi connectivity index (χ0) is 15.3. The quantitative estimate of drug-likeness (QED) is 0.647. The zero-order valence-corrected chi connectivity index (χ0v) is 14.0. The molecule has 6 nitrogen and oxygen atoms in total. The molecule has 0 aliphatic carbocycles. The predicted octanol–water partition coefficient (Wildman–Crippen LogP) is 2.37. The summed E-state index contributed by atoms with van der Waals surface area (Å²) in [5.74, 6) is 0.750. The molecule has 21 heavy (non-hydrogen) atoms. The number of hydrogen-bond donors (Lipinski definition) is 1. The molecule has 0 atom stereocenters. The molecule has 0 radical (unpaired) electrons. The van der Waals surface area contributed by atoms with Crippen LogP contribution in [0.2, 0.25) is 0 Å². The highest BCUT2D eigenvalue weighted by atomic mass is 79.9. The van der Waals surface area contributed by atoms with Crippen LogP contribution in [0.3, 0.4) is 0 Å². The number of rotatable bonds is 5. The molecule has 0 unspecified atom stereocenters. The number of anilines is 1. The summed E-state index contributed by atoms with van der Waals surface area (Å²) in [5.41, 5.74) is 0.349. The fourth-order valence-corrected chi connectivity index (χ4v) is 2.16. The molecule has 0 amide bonds. The van der Waals surface area contributed by atoms with Gasteiger partial charge in [0.15, 0.2) is 0 Å². The number of nitrogens with zero attached hydrogens (tertiary/aromatic N) is 4. The molecule has 7 heteroatoms. The largest absolute Gasteiger partial charge is 0.396 e. The Morgan fingerprint density at radius 2 is 1.95 bits per heavy atom. The average molecular weight is 357 g/mol. The van der Waals surface area contributed by atoms with Gasteiger partial charge in [0.25, 0.3) is 0 Å². The predicted molar refractivity (Wildman–Crippen MR) is 85.5 cm³/mol. The molecule has 1 aliphatic heterocycles. The van der Waals surface area contributed by atoms with Crippen LogP contribution in [0, 0.1) is 0 Å². The Labute approximate surface area is 133 Å². The van der Waals surface area contributed by atoms with E-state index in [0.717, 1.165) is 42.1 Å². The number of aromatic nitrogens is 2. The lowest BCUT2D eigenvalue weighted by molar-refractivity contribution is 0.0296. The lowest BCUT2D eigenvalue weighted by atomic mass is 10.1. The van der Waals surface area contributed by atoms with Gasteiger partial charge in [0.05, 0.1) is 15.8 Å². The number of piperidine rings is 1. The van der Waals surface area contributed by atoms with Gasteiger partial charge in [0.2, 0.25) is 5.95 Å². The summed E-state index contributed by atoms with van der Waals surface area (Å²) in [6.45, 7) is 5.65. The van der Waals surface area contributed by atoms with Crippen molar-refractivity contribution in [3.8, 4) is 0 Å². The van der Waals surface area contributed by atoms with Gasteiger partial charge in [-0.2, -0.15) is 0 Å². The Morgan fingerprint density at radius 1 is 1.33 bits per heavy atom. The van der Waals surface area contributed by atoms with E-state index < -0.39 is 5.60 Å². The van der Waals surface area contributed by atoms with Crippen LogP contribution < -0.4 is 4.90 Å². The molecule has 0 bridgehead atoms. The molecule has 2 rings (SSSR count). The molecule has 1 N–H and O–H groups in total. The molecule has 2 heterocycles. The summed E-state index contributed by atoms with van der Waals surface area (Å²) in [6, 6.07) is 0. The maximum absolute atomic E-state index is 9.58. The van der Waals surface area contributed by atoms with E-state index in [0.29, 0.717) is 13.0 Å². The number of aliphatic hydroxyl groups is 1. The summed E-state index contributed by atoms with van der Waals surface area (Å²) in [5, 5.41) is 13.7. The van der Waals surface area contributed by atoms with Gasteiger partial charge in [-0.05, 0) is 29.8 Å². The van der Waals surface area contributed by atoms with Crippen molar-refractivity contribution in [3.63, 3.8) is 0 Å². The fraction of sp³-hybridized carbons (Fsp3) is 0.643. The minimum Gasteiger partial charge on any atom is -0.396 e. The van der Waals surface area contributed by atoms with Gasteiger partial charge in [-0.15, -0.1) is 0 Å². The van der Waals surface area contributed by atoms with E-state index >= 15 is 0 Å². The van der Waals surface area contributed by atoms with Crippen molar-refractivity contribution in [1.82, 2.24) is 9.97 Å². The van der Waals surface area contributed by atoms with E-state index in [-0.39, 0.29) is 0 Å². The van der Waals surface area contributed by atoms with Gasteiger partial charge in [0.1, 0.15) is 6.61 Å². The molecule has 1 aliphatic rings. The van der Waals surface area contributed by atoms with Gasteiger partial charge >= 0.3 is 0 Å². The van der Waals surface area contributed by atoms with Crippen LogP contribution in [0.1, 0.15) is 33.1 Å². The SMILES string of the molecule is CC(C)(O)CCON=C1CCN(c2ncc(Br)cn2)CC1. The monoisotopic (exact) mass is 356 g/mol. The molecule has 0 aromatic carbocycles. The smallest absolute Gasteiger partial charge is 0.225 e. The average Bonchev–Trinajstić information content (AvgIpc) is 2.44. The third kappa shape index (κ3) is 5.59. The molecule has 1 aromatic heterocycles. The van der Waals surface area contributed by atoms with Crippen LogP contribution in [-0.4, -0.2) is 46.1 Å². The van der Waals surface area contributed by atoms with Gasteiger partial charge in [-0.25, -0.2) is 9.97 Å². The lowest BCUT2D eigenvalue weighted by Crippen LogP contribution is -2.35. The van der Waals surface area contributed by atoms with Crippen LogP contribution in [0.15, 0.2) is 22.0 Å². The topological polar surface area (TPSA) is 70.8 Å². The first kappa shape index (κ1) is 16.2. The van der Waals surface area contributed by atoms with Crippen molar-refractivity contribution in [2.24, 2.45) is 5.16 Å². The minimum absolute atomic E-state index is 0.437. The van der Waals surface area contributed by atoms with Gasteiger partial charge in [0, 0.05) is 44.7 Å². The molecular formula is C14H21BrN4O2. The van der Waals surface area contributed by atoms with Crippen molar-refractivity contribution >= 4 is 27.6 Å². The molecule has 1 saturated heterocycles. The molecule has 116 valence electrons. The van der Waals surface area contributed by atoms with Crippen molar-refractivity contribution in [3.05, 3.63) is 16.9 Å². The maximum atomic E-state index is 9.58. The third-order valence-electron chi connectivity index (χ3n) is 3.23. The standard InChI is InChI=1S/C14H21BrN4O2/c1-14(2,20)5-8-21-18-12-3-6-19(7-4-12)13-16-9-11(15)10-17-13/h9-10,20H,3-8H2,1-2H3.